The van der Waals surface area contributed by atoms with Crippen LogP contribution in [0.15, 0.2) is 54.7 Å². The van der Waals surface area contributed by atoms with Crippen LogP contribution in [0.1, 0.15) is 75.1 Å². The third-order valence-corrected chi connectivity index (χ3v) is 14.4. The molecule has 1 spiro atoms. The summed E-state index contributed by atoms with van der Waals surface area (Å²) in [6.45, 7) is 5.22. The zero-order chi connectivity index (χ0) is 43.5. The van der Waals surface area contributed by atoms with E-state index in [1.54, 1.807) is 4.90 Å². The molecule has 4 amide bonds. The first-order valence-electron chi connectivity index (χ1n) is 21.4. The van der Waals surface area contributed by atoms with Crippen molar-refractivity contribution >= 4 is 63.7 Å². The number of nitrogens with zero attached hydrogens (tertiary/aromatic N) is 5. The maximum absolute atomic E-state index is 14.0. The van der Waals surface area contributed by atoms with Crippen LogP contribution in [0, 0.1) is 40.9 Å². The molecule has 3 saturated carbocycles. The second kappa shape index (κ2) is 16.3. The number of imide groups is 1. The van der Waals surface area contributed by atoms with Crippen LogP contribution in [0.3, 0.4) is 0 Å². The fraction of sp³-hybridized carbons (Fsp3) is 0.489. The highest BCUT2D eigenvalue weighted by molar-refractivity contribution is 7.81. The summed E-state index contributed by atoms with van der Waals surface area (Å²) in [6.07, 6.45) is 1.94. The topological polar surface area (TPSA) is 160 Å². The van der Waals surface area contributed by atoms with Gasteiger partial charge in [-0.3, -0.25) is 34.3 Å². The number of ether oxygens (including phenoxy) is 1. The van der Waals surface area contributed by atoms with Crippen LogP contribution in [0.5, 0.6) is 5.75 Å². The Morgan fingerprint density at radius 3 is 2.55 bits per heavy atom. The SMILES string of the molecule is CCc1cc(N2C(=S)N(c3cnc(C#N)c(C(F)(F)F)c3)C(=O)C23CCC3)ccc1OCCN1CC2CC3C2C(C[C@H]3CC(=O)Nc2cccc(NC3CCC(=O)NC3=O)c2)C1. The minimum absolute atomic E-state index is 0.0141. The molecule has 0 bridgehead atoms. The van der Waals surface area contributed by atoms with Gasteiger partial charge in [-0.25, -0.2) is 4.98 Å². The molecule has 3 aliphatic carbocycles. The van der Waals surface area contributed by atoms with Gasteiger partial charge in [0.25, 0.3) is 5.91 Å². The number of alkyl halides is 3. The van der Waals surface area contributed by atoms with E-state index in [2.05, 4.69) is 25.8 Å². The molecule has 0 radical (unpaired) electrons. The first-order valence-corrected chi connectivity index (χ1v) is 21.8. The molecule has 4 heterocycles. The Bertz CT molecular complexity index is 2380. The number of carbonyl (C=O) groups excluding carboxylic acids is 4. The van der Waals surface area contributed by atoms with E-state index in [1.807, 2.05) is 49.4 Å². The summed E-state index contributed by atoms with van der Waals surface area (Å²) in [5, 5.41) is 17.9. The number of anilines is 4. The smallest absolute Gasteiger partial charge is 0.419 e. The van der Waals surface area contributed by atoms with E-state index < -0.39 is 34.9 Å². The van der Waals surface area contributed by atoms with Crippen LogP contribution in [-0.2, 0) is 31.8 Å². The van der Waals surface area contributed by atoms with Crippen LogP contribution in [-0.4, -0.2) is 76.4 Å². The molecule has 6 atom stereocenters. The quantitative estimate of drug-likeness (QED) is 0.136. The molecule has 62 heavy (non-hydrogen) atoms. The van der Waals surface area contributed by atoms with Crippen LogP contribution in [0.2, 0.25) is 0 Å². The molecule has 3 N–H and O–H groups in total. The Kier molecular flexibility index (Phi) is 10.9. The van der Waals surface area contributed by atoms with E-state index in [0.717, 1.165) is 67.4 Å². The van der Waals surface area contributed by atoms with E-state index in [4.69, 9.17) is 17.0 Å². The Hall–Kier alpha value is -5.60. The number of nitriles is 1. The number of hydrogen-bond donors (Lipinski definition) is 3. The average Bonchev–Trinajstić information content (AvgIpc) is 3.65. The standard InChI is InChI=1S/C45H47F3N8O5S/c1-2-25-16-31(56-43(62)55(42(60)44(56)11-4-12-44)32-20-34(45(46,47)48)36(21-49)50-22-32)7-9-37(25)61-14-13-54-23-27-15-26(33-17-28(24-54)40(27)33)18-39(58)52-30-6-3-5-29(19-30)51-35-8-10-38(57)53-41(35)59/h3,5-7,9,16,19-20,22,26-28,33,35,40,51H,2,4,8,10-15,17-18,23-24H2,1H3,(H,52,58)(H,53,57,59)/t26-,27?,28?,33?,35?,40?/m0/s1. The number of thiocarbonyl (C=S) groups is 1. The van der Waals surface area contributed by atoms with Crippen molar-refractivity contribution < 1.29 is 37.1 Å². The van der Waals surface area contributed by atoms with Crippen molar-refractivity contribution in [1.82, 2.24) is 15.2 Å². The van der Waals surface area contributed by atoms with Gasteiger partial charge in [0.1, 0.15) is 30.0 Å². The minimum atomic E-state index is -4.84. The number of amides is 4. The molecule has 3 saturated heterocycles. The lowest BCUT2D eigenvalue weighted by molar-refractivity contribution is -0.138. The van der Waals surface area contributed by atoms with E-state index in [-0.39, 0.29) is 34.9 Å². The summed E-state index contributed by atoms with van der Waals surface area (Å²) in [5.74, 6) is 2.35. The van der Waals surface area contributed by atoms with Gasteiger partial charge in [0, 0.05) is 49.5 Å². The summed E-state index contributed by atoms with van der Waals surface area (Å²) < 4.78 is 47.9. The van der Waals surface area contributed by atoms with Gasteiger partial charge in [-0.1, -0.05) is 13.0 Å². The Labute approximate surface area is 362 Å². The number of nitrogens with one attached hydrogen (secondary N) is 3. The van der Waals surface area contributed by atoms with Crippen LogP contribution in [0.25, 0.3) is 0 Å². The van der Waals surface area contributed by atoms with E-state index >= 15 is 0 Å². The van der Waals surface area contributed by atoms with Gasteiger partial charge in [-0.05, 0) is 135 Å². The van der Waals surface area contributed by atoms with Crippen molar-refractivity contribution in [3.05, 3.63) is 71.5 Å². The number of benzene rings is 2. The first-order chi connectivity index (χ1) is 29.8. The number of carbonyl (C=O) groups is 4. The minimum Gasteiger partial charge on any atom is -0.492 e. The maximum Gasteiger partial charge on any atom is 0.419 e. The molecule has 1 aromatic heterocycles. The Morgan fingerprint density at radius 1 is 1.06 bits per heavy atom. The number of likely N-dealkylation sites (tertiary alicyclic amines) is 1. The predicted molar refractivity (Wildman–Crippen MR) is 227 cm³/mol. The van der Waals surface area contributed by atoms with Crippen molar-refractivity contribution in [1.29, 1.82) is 5.26 Å². The fourth-order valence-corrected chi connectivity index (χ4v) is 11.5. The summed E-state index contributed by atoms with van der Waals surface area (Å²) in [5.41, 5.74) is -0.198. The molecule has 3 aliphatic heterocycles. The lowest BCUT2D eigenvalue weighted by Crippen LogP contribution is -2.55. The van der Waals surface area contributed by atoms with Crippen molar-refractivity contribution in [2.75, 3.05) is 46.7 Å². The highest BCUT2D eigenvalue weighted by Crippen LogP contribution is 2.60. The predicted octanol–water partition coefficient (Wildman–Crippen LogP) is 6.42. The number of pyridine rings is 1. The number of piperidine rings is 2. The molecular weight excluding hydrogens is 822 g/mol. The highest BCUT2D eigenvalue weighted by Gasteiger charge is 2.60. The van der Waals surface area contributed by atoms with Gasteiger partial charge >= 0.3 is 6.18 Å². The Balaban J connectivity index is 0.793. The first kappa shape index (κ1) is 41.7. The fourth-order valence-electron chi connectivity index (χ4n) is 11.0. The lowest BCUT2D eigenvalue weighted by atomic mass is 9.60. The molecule has 2 aromatic carbocycles. The Morgan fingerprint density at radius 2 is 1.84 bits per heavy atom. The second-order valence-electron chi connectivity index (χ2n) is 17.6. The largest absolute Gasteiger partial charge is 0.492 e. The van der Waals surface area contributed by atoms with E-state index in [9.17, 15) is 37.6 Å². The van der Waals surface area contributed by atoms with Gasteiger partial charge in [0.05, 0.1) is 17.4 Å². The van der Waals surface area contributed by atoms with Gasteiger partial charge in [-0.15, -0.1) is 0 Å². The van der Waals surface area contributed by atoms with Gasteiger partial charge in [-0.2, -0.15) is 18.4 Å². The van der Waals surface area contributed by atoms with E-state index in [0.29, 0.717) is 85.4 Å². The maximum atomic E-state index is 14.0. The van der Waals surface area contributed by atoms with Crippen LogP contribution >= 0.6 is 12.2 Å². The van der Waals surface area contributed by atoms with Gasteiger partial charge in [0.2, 0.25) is 17.7 Å². The molecule has 5 unspecified atom stereocenters. The summed E-state index contributed by atoms with van der Waals surface area (Å²) in [4.78, 5) is 60.1. The lowest BCUT2D eigenvalue weighted by Gasteiger charge is -2.51. The number of aryl methyl sites for hydroxylation is 1. The molecule has 324 valence electrons. The second-order valence-corrected chi connectivity index (χ2v) is 17.9. The summed E-state index contributed by atoms with van der Waals surface area (Å²) in [6, 6.07) is 14.7. The molecule has 3 aromatic rings. The van der Waals surface area contributed by atoms with Crippen molar-refractivity contribution in [3.8, 4) is 11.8 Å². The molecular formula is C45H47F3N8O5S. The number of hydrogen-bond acceptors (Lipinski definition) is 10. The molecule has 6 aliphatic rings. The molecule has 17 heteroatoms. The number of halogens is 3. The van der Waals surface area contributed by atoms with Gasteiger partial charge in [0.15, 0.2) is 10.8 Å². The van der Waals surface area contributed by atoms with Crippen molar-refractivity contribution in [2.24, 2.45) is 29.6 Å². The van der Waals surface area contributed by atoms with Crippen LogP contribution in [0.4, 0.5) is 35.9 Å². The average molecular weight is 869 g/mol. The van der Waals surface area contributed by atoms with Gasteiger partial charge < -0.3 is 20.3 Å². The van der Waals surface area contributed by atoms with E-state index in [1.165, 1.54) is 6.07 Å². The molecule has 13 nitrogen and oxygen atoms in total. The highest BCUT2D eigenvalue weighted by atomic mass is 32.1. The normalized spacial score (nSPS) is 26.4. The summed E-state index contributed by atoms with van der Waals surface area (Å²) >= 11 is 5.82. The summed E-state index contributed by atoms with van der Waals surface area (Å²) in [7, 11) is 0. The number of rotatable bonds is 12. The zero-order valence-electron chi connectivity index (χ0n) is 34.2. The monoisotopic (exact) mass is 868 g/mol. The zero-order valence-corrected chi connectivity index (χ0v) is 35.0. The molecule has 9 rings (SSSR count). The third-order valence-electron chi connectivity index (χ3n) is 14.0. The third kappa shape index (κ3) is 7.54. The molecule has 6 fully saturated rings. The van der Waals surface area contributed by atoms with Crippen molar-refractivity contribution in [2.45, 2.75) is 82.5 Å². The van der Waals surface area contributed by atoms with Crippen LogP contribution < -0.4 is 30.5 Å². The number of aromatic nitrogens is 1. The van der Waals surface area contributed by atoms with Crippen molar-refractivity contribution in [3.63, 3.8) is 0 Å².